The molecular weight excluding hydrogens is 184 g/mol. The van der Waals surface area contributed by atoms with E-state index in [1.54, 1.807) is 0 Å². The Morgan fingerprint density at radius 1 is 1.00 bits per heavy atom. The molecular formula is C13H16N2. The van der Waals surface area contributed by atoms with Crippen molar-refractivity contribution in [3.8, 4) is 0 Å². The minimum atomic E-state index is 0.877. The first-order valence-electron chi connectivity index (χ1n) is 5.83. The predicted molar refractivity (Wildman–Crippen MR) is 62.1 cm³/mol. The largest absolute Gasteiger partial charge is 0.356 e. The predicted octanol–water partition coefficient (Wildman–Crippen LogP) is 2.43. The fourth-order valence-corrected chi connectivity index (χ4v) is 2.50. The van der Waals surface area contributed by atoms with Crippen LogP contribution < -0.4 is 0 Å². The molecule has 3 rings (SSSR count). The highest BCUT2D eigenvalue weighted by Gasteiger charge is 2.21. The van der Waals surface area contributed by atoms with Crippen LogP contribution in [0.3, 0.4) is 0 Å². The lowest BCUT2D eigenvalue weighted by Gasteiger charge is -2.28. The minimum absolute atomic E-state index is 0.877. The van der Waals surface area contributed by atoms with E-state index in [2.05, 4.69) is 34.2 Å². The summed E-state index contributed by atoms with van der Waals surface area (Å²) in [6.07, 6.45) is 4.02. The van der Waals surface area contributed by atoms with E-state index >= 15 is 0 Å². The van der Waals surface area contributed by atoms with Crippen LogP contribution in [0.2, 0.25) is 0 Å². The zero-order valence-electron chi connectivity index (χ0n) is 8.95. The summed E-state index contributed by atoms with van der Waals surface area (Å²) < 4.78 is 0. The Labute approximate surface area is 90.6 Å². The molecule has 1 aromatic carbocycles. The van der Waals surface area contributed by atoms with E-state index in [0.717, 1.165) is 6.54 Å². The normalized spacial score (nSPS) is 20.0. The number of nitrogens with zero attached hydrogens (tertiary/aromatic N) is 2. The second-order valence-corrected chi connectivity index (χ2v) is 4.34. The summed E-state index contributed by atoms with van der Waals surface area (Å²) in [6, 6.07) is 8.61. The average molecular weight is 200 g/mol. The van der Waals surface area contributed by atoms with E-state index in [-0.39, 0.29) is 0 Å². The van der Waals surface area contributed by atoms with Gasteiger partial charge in [-0.1, -0.05) is 24.3 Å². The van der Waals surface area contributed by atoms with Gasteiger partial charge in [0.2, 0.25) is 0 Å². The van der Waals surface area contributed by atoms with Crippen LogP contribution in [0.4, 0.5) is 0 Å². The van der Waals surface area contributed by atoms with Gasteiger partial charge in [0.15, 0.2) is 0 Å². The fraction of sp³-hybridized carbons (Fsp3) is 0.462. The Balaban J connectivity index is 1.89. The van der Waals surface area contributed by atoms with Gasteiger partial charge in [0, 0.05) is 18.7 Å². The Hall–Kier alpha value is -1.31. The van der Waals surface area contributed by atoms with Crippen LogP contribution in [-0.2, 0) is 6.54 Å². The van der Waals surface area contributed by atoms with Gasteiger partial charge in [0.1, 0.15) is 5.84 Å². The van der Waals surface area contributed by atoms with Gasteiger partial charge in [-0.3, -0.25) is 4.99 Å². The molecule has 1 fully saturated rings. The Morgan fingerprint density at radius 2 is 1.80 bits per heavy atom. The molecule has 0 amide bonds. The highest BCUT2D eigenvalue weighted by molar-refractivity contribution is 6.02. The van der Waals surface area contributed by atoms with Crippen molar-refractivity contribution in [2.45, 2.75) is 25.8 Å². The van der Waals surface area contributed by atoms with E-state index in [4.69, 9.17) is 0 Å². The number of piperidine rings is 1. The van der Waals surface area contributed by atoms with E-state index in [0.29, 0.717) is 0 Å². The topological polar surface area (TPSA) is 15.6 Å². The van der Waals surface area contributed by atoms with E-state index in [1.165, 1.54) is 49.3 Å². The van der Waals surface area contributed by atoms with Crippen LogP contribution in [0.25, 0.3) is 0 Å². The molecule has 1 saturated heterocycles. The van der Waals surface area contributed by atoms with E-state index < -0.39 is 0 Å². The molecule has 0 atom stereocenters. The summed E-state index contributed by atoms with van der Waals surface area (Å²) in [7, 11) is 0. The zero-order valence-corrected chi connectivity index (χ0v) is 8.95. The lowest BCUT2D eigenvalue weighted by Crippen LogP contribution is -2.35. The van der Waals surface area contributed by atoms with Crippen molar-refractivity contribution in [3.63, 3.8) is 0 Å². The number of rotatable bonds is 0. The second kappa shape index (κ2) is 3.69. The average Bonchev–Trinajstić information content (AvgIpc) is 2.74. The van der Waals surface area contributed by atoms with Gasteiger partial charge in [0.05, 0.1) is 6.54 Å². The van der Waals surface area contributed by atoms with Gasteiger partial charge >= 0.3 is 0 Å². The zero-order chi connectivity index (χ0) is 10.1. The molecule has 15 heavy (non-hydrogen) atoms. The lowest BCUT2D eigenvalue weighted by molar-refractivity contribution is 0.343. The second-order valence-electron chi connectivity index (χ2n) is 4.34. The van der Waals surface area contributed by atoms with Crippen molar-refractivity contribution in [2.24, 2.45) is 4.99 Å². The van der Waals surface area contributed by atoms with Crippen molar-refractivity contribution in [1.82, 2.24) is 4.90 Å². The number of hydrogen-bond donors (Lipinski definition) is 0. The summed E-state index contributed by atoms with van der Waals surface area (Å²) in [5.74, 6) is 1.24. The number of benzene rings is 1. The SMILES string of the molecule is c1ccc2c(c1)CN=C2N1CCCCC1. The summed E-state index contributed by atoms with van der Waals surface area (Å²) in [5, 5.41) is 0. The highest BCUT2D eigenvalue weighted by Crippen LogP contribution is 2.22. The lowest BCUT2D eigenvalue weighted by atomic mass is 10.1. The Morgan fingerprint density at radius 3 is 2.67 bits per heavy atom. The summed E-state index contributed by atoms with van der Waals surface area (Å²) >= 11 is 0. The van der Waals surface area contributed by atoms with Gasteiger partial charge in [-0.2, -0.15) is 0 Å². The Bertz CT molecular complexity index is 389. The van der Waals surface area contributed by atoms with E-state index in [9.17, 15) is 0 Å². The molecule has 2 aliphatic rings. The van der Waals surface area contributed by atoms with Crippen LogP contribution in [0.1, 0.15) is 30.4 Å². The molecule has 78 valence electrons. The number of likely N-dealkylation sites (tertiary alicyclic amines) is 1. The molecule has 0 radical (unpaired) electrons. The van der Waals surface area contributed by atoms with Crippen LogP contribution in [-0.4, -0.2) is 23.8 Å². The first kappa shape index (κ1) is 8.96. The Kier molecular flexibility index (Phi) is 2.20. The number of amidine groups is 1. The van der Waals surface area contributed by atoms with Crippen molar-refractivity contribution in [2.75, 3.05) is 13.1 Å². The van der Waals surface area contributed by atoms with Crippen LogP contribution in [0, 0.1) is 0 Å². The van der Waals surface area contributed by atoms with Gasteiger partial charge in [-0.15, -0.1) is 0 Å². The maximum Gasteiger partial charge on any atom is 0.131 e. The number of aliphatic imine (C=N–C) groups is 1. The van der Waals surface area contributed by atoms with Crippen LogP contribution in [0.5, 0.6) is 0 Å². The third-order valence-electron chi connectivity index (χ3n) is 3.31. The first-order valence-corrected chi connectivity index (χ1v) is 5.83. The van der Waals surface area contributed by atoms with Gasteiger partial charge in [0.25, 0.3) is 0 Å². The molecule has 2 aliphatic heterocycles. The molecule has 0 aromatic heterocycles. The highest BCUT2D eigenvalue weighted by atomic mass is 15.2. The maximum absolute atomic E-state index is 4.67. The van der Waals surface area contributed by atoms with Crippen molar-refractivity contribution >= 4 is 5.84 Å². The molecule has 0 saturated carbocycles. The quantitative estimate of drug-likeness (QED) is 0.628. The molecule has 0 N–H and O–H groups in total. The monoisotopic (exact) mass is 200 g/mol. The number of fused-ring (bicyclic) bond motifs is 1. The molecule has 1 aromatic rings. The molecule has 2 nitrogen and oxygen atoms in total. The van der Waals surface area contributed by atoms with Gasteiger partial charge in [-0.25, -0.2) is 0 Å². The van der Waals surface area contributed by atoms with Crippen molar-refractivity contribution < 1.29 is 0 Å². The van der Waals surface area contributed by atoms with E-state index in [1.807, 2.05) is 0 Å². The minimum Gasteiger partial charge on any atom is -0.356 e. The summed E-state index contributed by atoms with van der Waals surface area (Å²) in [4.78, 5) is 7.12. The fourth-order valence-electron chi connectivity index (χ4n) is 2.50. The third-order valence-corrected chi connectivity index (χ3v) is 3.31. The van der Waals surface area contributed by atoms with Crippen LogP contribution in [0.15, 0.2) is 29.3 Å². The summed E-state index contributed by atoms with van der Waals surface area (Å²) in [5.41, 5.74) is 2.75. The maximum atomic E-state index is 4.67. The molecule has 0 aliphatic carbocycles. The standard InChI is InChI=1S/C13H16N2/c1-4-8-15(9-5-1)13-12-7-3-2-6-11(12)10-14-13/h2-3,6-7H,1,4-5,8-10H2. The molecule has 2 heteroatoms. The van der Waals surface area contributed by atoms with Crippen LogP contribution >= 0.6 is 0 Å². The van der Waals surface area contributed by atoms with Gasteiger partial charge in [-0.05, 0) is 24.8 Å². The molecule has 2 heterocycles. The van der Waals surface area contributed by atoms with Crippen molar-refractivity contribution in [3.05, 3.63) is 35.4 Å². The smallest absolute Gasteiger partial charge is 0.131 e. The molecule has 0 bridgehead atoms. The molecule has 0 unspecified atom stereocenters. The number of hydrogen-bond acceptors (Lipinski definition) is 2. The van der Waals surface area contributed by atoms with Crippen molar-refractivity contribution in [1.29, 1.82) is 0 Å². The van der Waals surface area contributed by atoms with Gasteiger partial charge < -0.3 is 4.90 Å². The molecule has 0 spiro atoms. The summed E-state index contributed by atoms with van der Waals surface area (Å²) in [6.45, 7) is 3.25. The third kappa shape index (κ3) is 1.54. The first-order chi connectivity index (χ1) is 7.45.